The molecule has 0 spiro atoms. The first-order valence-corrected chi connectivity index (χ1v) is 6.65. The van der Waals surface area contributed by atoms with Gasteiger partial charge in [-0.25, -0.2) is 0 Å². The van der Waals surface area contributed by atoms with Crippen molar-refractivity contribution in [2.45, 2.75) is 19.1 Å². The van der Waals surface area contributed by atoms with Crippen LogP contribution in [-0.2, 0) is 5.75 Å². The van der Waals surface area contributed by atoms with Crippen LogP contribution in [-0.4, -0.2) is 17.5 Å². The Hall–Kier alpha value is -0.430. The van der Waals surface area contributed by atoms with Gasteiger partial charge in [-0.1, -0.05) is 18.8 Å². The summed E-state index contributed by atoms with van der Waals surface area (Å²) in [6.45, 7) is 2.31. The molecule has 0 aliphatic carbocycles. The summed E-state index contributed by atoms with van der Waals surface area (Å²) in [7, 11) is 0. The molecule has 0 aliphatic heterocycles. The Labute approximate surface area is 93.5 Å². The molecule has 1 nitrogen and oxygen atoms in total. The molecule has 0 fully saturated rings. The zero-order valence-corrected chi connectivity index (χ0v) is 9.88. The van der Waals surface area contributed by atoms with Crippen LogP contribution in [0.15, 0.2) is 11.4 Å². The molecule has 0 bridgehead atoms. The van der Waals surface area contributed by atoms with Crippen LogP contribution in [0, 0.1) is 11.8 Å². The zero-order valence-electron chi connectivity index (χ0n) is 8.25. The van der Waals surface area contributed by atoms with Gasteiger partial charge >= 0.3 is 0 Å². The van der Waals surface area contributed by atoms with Gasteiger partial charge in [0.25, 0.3) is 0 Å². The number of aliphatic hydroxyl groups is 1. The maximum Gasteiger partial charge on any atom is 0.0540 e. The normalized spacial score (nSPS) is 9.57. The van der Waals surface area contributed by atoms with Crippen molar-refractivity contribution < 1.29 is 5.11 Å². The van der Waals surface area contributed by atoms with E-state index < -0.39 is 0 Å². The molecule has 14 heavy (non-hydrogen) atoms. The Kier molecular flexibility index (Phi) is 5.77. The van der Waals surface area contributed by atoms with Gasteiger partial charge in [0.2, 0.25) is 0 Å². The Bertz CT molecular complexity index is 320. The molecule has 0 atom stereocenters. The van der Waals surface area contributed by atoms with E-state index >= 15 is 0 Å². The average Bonchev–Trinajstić information content (AvgIpc) is 2.63. The minimum atomic E-state index is 0.149. The van der Waals surface area contributed by atoms with E-state index in [-0.39, 0.29) is 6.61 Å². The van der Waals surface area contributed by atoms with Gasteiger partial charge in [-0.05, 0) is 17.2 Å². The van der Waals surface area contributed by atoms with Gasteiger partial charge in [0.15, 0.2) is 0 Å². The van der Waals surface area contributed by atoms with Crippen LogP contribution in [0.25, 0.3) is 0 Å². The summed E-state index contributed by atoms with van der Waals surface area (Å²) >= 11 is 3.67. The number of hydrogen-bond acceptors (Lipinski definition) is 3. The molecular formula is C11H14OS2. The molecule has 0 aromatic carbocycles. The predicted octanol–water partition coefficient (Wildman–Crippen LogP) is 2.74. The van der Waals surface area contributed by atoms with Crippen molar-refractivity contribution in [3.05, 3.63) is 21.9 Å². The molecule has 1 rings (SSSR count). The molecule has 0 amide bonds. The van der Waals surface area contributed by atoms with E-state index in [1.165, 1.54) is 4.88 Å². The lowest BCUT2D eigenvalue weighted by Gasteiger charge is -1.95. The van der Waals surface area contributed by atoms with E-state index in [2.05, 4.69) is 30.2 Å². The third-order valence-electron chi connectivity index (χ3n) is 1.64. The lowest BCUT2D eigenvalue weighted by Crippen LogP contribution is -1.81. The largest absolute Gasteiger partial charge is 0.395 e. The van der Waals surface area contributed by atoms with Crippen LogP contribution in [0.2, 0.25) is 0 Å². The summed E-state index contributed by atoms with van der Waals surface area (Å²) in [5.74, 6) is 8.24. The van der Waals surface area contributed by atoms with E-state index in [1.54, 1.807) is 11.3 Å². The average molecular weight is 226 g/mol. The molecule has 0 unspecified atom stereocenters. The Morgan fingerprint density at radius 1 is 1.57 bits per heavy atom. The highest BCUT2D eigenvalue weighted by atomic mass is 32.2. The Balaban J connectivity index is 2.59. The van der Waals surface area contributed by atoms with Gasteiger partial charge in [-0.15, -0.1) is 11.3 Å². The maximum atomic E-state index is 8.60. The summed E-state index contributed by atoms with van der Waals surface area (Å²) < 4.78 is 0. The van der Waals surface area contributed by atoms with Gasteiger partial charge < -0.3 is 5.11 Å². The number of rotatable bonds is 4. The highest BCUT2D eigenvalue weighted by Crippen LogP contribution is 2.21. The van der Waals surface area contributed by atoms with Gasteiger partial charge in [0.05, 0.1) is 6.61 Å². The van der Waals surface area contributed by atoms with Crippen molar-refractivity contribution in [2.75, 3.05) is 12.4 Å². The Morgan fingerprint density at radius 3 is 3.14 bits per heavy atom. The minimum absolute atomic E-state index is 0.149. The van der Waals surface area contributed by atoms with Gasteiger partial charge in [-0.3, -0.25) is 0 Å². The second-order valence-electron chi connectivity index (χ2n) is 2.67. The Morgan fingerprint density at radius 2 is 2.43 bits per heavy atom. The van der Waals surface area contributed by atoms with Crippen LogP contribution in [0.1, 0.15) is 23.8 Å². The maximum absolute atomic E-state index is 8.60. The number of thiophene rings is 1. The predicted molar refractivity (Wildman–Crippen MR) is 64.7 cm³/mol. The van der Waals surface area contributed by atoms with E-state index in [0.717, 1.165) is 17.1 Å². The second kappa shape index (κ2) is 6.94. The summed E-state index contributed by atoms with van der Waals surface area (Å²) in [4.78, 5) is 1.35. The third kappa shape index (κ3) is 3.75. The van der Waals surface area contributed by atoms with Crippen LogP contribution in [0.5, 0.6) is 0 Å². The van der Waals surface area contributed by atoms with Crippen LogP contribution in [0.3, 0.4) is 0 Å². The lowest BCUT2D eigenvalue weighted by molar-refractivity contribution is 0.305. The summed E-state index contributed by atoms with van der Waals surface area (Å²) in [5.41, 5.74) is 1.13. The van der Waals surface area contributed by atoms with Crippen LogP contribution < -0.4 is 0 Å². The van der Waals surface area contributed by atoms with Crippen molar-refractivity contribution in [2.24, 2.45) is 0 Å². The number of thioether (sulfide) groups is 1. The zero-order chi connectivity index (χ0) is 10.2. The summed E-state index contributed by atoms with van der Waals surface area (Å²) in [6.07, 6.45) is 0.566. The molecule has 0 saturated carbocycles. The first kappa shape index (κ1) is 11.6. The first-order valence-electron chi connectivity index (χ1n) is 4.62. The highest BCUT2D eigenvalue weighted by molar-refractivity contribution is 7.98. The van der Waals surface area contributed by atoms with Gasteiger partial charge in [0, 0.05) is 22.6 Å². The van der Waals surface area contributed by atoms with Crippen LogP contribution >= 0.6 is 23.1 Å². The first-order chi connectivity index (χ1) is 6.88. The number of hydrogen-bond donors (Lipinski definition) is 1. The fraction of sp³-hybridized carbons (Fsp3) is 0.455. The van der Waals surface area contributed by atoms with Crippen molar-refractivity contribution in [3.63, 3.8) is 0 Å². The molecule has 0 aliphatic rings. The molecule has 0 radical (unpaired) electrons. The van der Waals surface area contributed by atoms with Crippen molar-refractivity contribution in [1.82, 2.24) is 0 Å². The smallest absolute Gasteiger partial charge is 0.0540 e. The highest BCUT2D eigenvalue weighted by Gasteiger charge is 2.00. The topological polar surface area (TPSA) is 20.2 Å². The molecule has 76 valence electrons. The molecule has 0 saturated heterocycles. The molecule has 1 N–H and O–H groups in total. The summed E-state index contributed by atoms with van der Waals surface area (Å²) in [6, 6.07) is 2.06. The molecule has 3 heteroatoms. The number of aliphatic hydroxyl groups excluding tert-OH is 1. The SMILES string of the molecule is CCSCc1sccc1C#CCCO. The van der Waals surface area contributed by atoms with E-state index in [1.807, 2.05) is 11.8 Å². The third-order valence-corrected chi connectivity index (χ3v) is 3.65. The van der Waals surface area contributed by atoms with Gasteiger partial charge in [-0.2, -0.15) is 11.8 Å². The van der Waals surface area contributed by atoms with Crippen molar-refractivity contribution in [3.8, 4) is 11.8 Å². The minimum Gasteiger partial charge on any atom is -0.395 e. The molecule has 1 heterocycles. The second-order valence-corrected chi connectivity index (χ2v) is 4.94. The van der Waals surface area contributed by atoms with E-state index in [0.29, 0.717) is 6.42 Å². The molecule has 1 aromatic heterocycles. The lowest BCUT2D eigenvalue weighted by atomic mass is 10.2. The fourth-order valence-corrected chi connectivity index (χ4v) is 2.65. The van der Waals surface area contributed by atoms with E-state index in [4.69, 9.17) is 5.11 Å². The van der Waals surface area contributed by atoms with E-state index in [9.17, 15) is 0 Å². The van der Waals surface area contributed by atoms with Crippen LogP contribution in [0.4, 0.5) is 0 Å². The quantitative estimate of drug-likeness (QED) is 0.797. The summed E-state index contributed by atoms with van der Waals surface area (Å²) in [5, 5.41) is 10.7. The van der Waals surface area contributed by atoms with Crippen molar-refractivity contribution in [1.29, 1.82) is 0 Å². The fourth-order valence-electron chi connectivity index (χ4n) is 0.972. The van der Waals surface area contributed by atoms with Crippen molar-refractivity contribution >= 4 is 23.1 Å². The van der Waals surface area contributed by atoms with Gasteiger partial charge in [0.1, 0.15) is 0 Å². The molecular weight excluding hydrogens is 212 g/mol. The standard InChI is InChI=1S/C11H14OS2/c1-2-13-9-11-10(6-8-14-11)5-3-4-7-12/h6,8,12H,2,4,7,9H2,1H3. The monoisotopic (exact) mass is 226 g/mol. The molecule has 1 aromatic rings.